The largest absolute Gasteiger partial charge is 0.483 e. The van der Waals surface area contributed by atoms with E-state index in [1.165, 1.54) is 0 Å². The van der Waals surface area contributed by atoms with Crippen molar-refractivity contribution < 1.29 is 9.53 Å². The molecule has 0 saturated heterocycles. The van der Waals surface area contributed by atoms with Crippen LogP contribution < -0.4 is 10.2 Å². The first-order valence-electron chi connectivity index (χ1n) is 6.99. The highest BCUT2D eigenvalue weighted by Gasteiger charge is 2.08. The number of hydrogen-bond donors (Lipinski definition) is 1. The fraction of sp³-hybridized carbons (Fsp3) is 0.0588. The van der Waals surface area contributed by atoms with Gasteiger partial charge in [0.25, 0.3) is 5.91 Å². The number of carbonyl (C=O) groups excluding carboxylic acids is 1. The molecule has 1 N–H and O–H groups in total. The zero-order valence-electron chi connectivity index (χ0n) is 12.3. The van der Waals surface area contributed by atoms with Crippen molar-refractivity contribution in [3.05, 3.63) is 61.7 Å². The van der Waals surface area contributed by atoms with Crippen molar-refractivity contribution in [2.24, 2.45) is 5.10 Å². The quantitative estimate of drug-likeness (QED) is 0.426. The van der Waals surface area contributed by atoms with Gasteiger partial charge in [-0.3, -0.25) is 4.79 Å². The molecule has 122 valence electrons. The van der Waals surface area contributed by atoms with Gasteiger partial charge in [0.05, 0.1) is 10.7 Å². The number of thiophene rings is 1. The molecular formula is C17H12Br2N2O2S. The van der Waals surface area contributed by atoms with Gasteiger partial charge < -0.3 is 4.74 Å². The molecule has 0 bridgehead atoms. The Kier molecular flexibility index (Phi) is 5.65. The van der Waals surface area contributed by atoms with Crippen LogP contribution in [-0.4, -0.2) is 18.7 Å². The van der Waals surface area contributed by atoms with Gasteiger partial charge in [0.1, 0.15) is 5.75 Å². The number of carbonyl (C=O) groups is 1. The van der Waals surface area contributed by atoms with Crippen molar-refractivity contribution in [2.75, 3.05) is 6.61 Å². The molecular weight excluding hydrogens is 456 g/mol. The molecule has 0 fully saturated rings. The molecule has 4 nitrogen and oxygen atoms in total. The molecule has 1 amide bonds. The second kappa shape index (κ2) is 7.92. The summed E-state index contributed by atoms with van der Waals surface area (Å²) in [6.45, 7) is -0.109. The fourth-order valence-electron chi connectivity index (χ4n) is 2.06. The van der Waals surface area contributed by atoms with Gasteiger partial charge in [-0.05, 0) is 56.3 Å². The van der Waals surface area contributed by atoms with E-state index in [1.54, 1.807) is 17.6 Å². The predicted molar refractivity (Wildman–Crippen MR) is 105 cm³/mol. The summed E-state index contributed by atoms with van der Waals surface area (Å²) >= 11 is 8.53. The minimum atomic E-state index is -0.314. The number of rotatable bonds is 5. The Morgan fingerprint density at radius 1 is 1.25 bits per heavy atom. The lowest BCUT2D eigenvalue weighted by atomic mass is 10.1. The molecule has 0 radical (unpaired) electrons. The maximum atomic E-state index is 11.8. The van der Waals surface area contributed by atoms with Gasteiger partial charge in [-0.15, -0.1) is 11.3 Å². The Morgan fingerprint density at radius 3 is 2.92 bits per heavy atom. The van der Waals surface area contributed by atoms with E-state index in [-0.39, 0.29) is 12.5 Å². The standard InChI is InChI=1S/C17H12Br2N2O2S/c18-12-4-5-14-11(8-12)3-6-15(17(14)19)23-10-16(22)21-20-9-13-2-1-7-24-13/h1-9H,10H2,(H,21,22). The van der Waals surface area contributed by atoms with Gasteiger partial charge in [-0.25, -0.2) is 5.43 Å². The zero-order valence-corrected chi connectivity index (χ0v) is 16.3. The number of hydrazone groups is 1. The van der Waals surface area contributed by atoms with Gasteiger partial charge >= 0.3 is 0 Å². The smallest absolute Gasteiger partial charge is 0.277 e. The van der Waals surface area contributed by atoms with Crippen LogP contribution in [0.15, 0.2) is 61.9 Å². The van der Waals surface area contributed by atoms with Crippen LogP contribution in [0.1, 0.15) is 4.88 Å². The molecule has 3 aromatic rings. The van der Waals surface area contributed by atoms with Crippen molar-refractivity contribution >= 4 is 66.1 Å². The van der Waals surface area contributed by atoms with Crippen LogP contribution >= 0.6 is 43.2 Å². The summed E-state index contributed by atoms with van der Waals surface area (Å²) in [5.41, 5.74) is 2.45. The highest BCUT2D eigenvalue weighted by molar-refractivity contribution is 9.11. The van der Waals surface area contributed by atoms with Crippen LogP contribution in [0.3, 0.4) is 0 Å². The van der Waals surface area contributed by atoms with Crippen molar-refractivity contribution in [1.29, 1.82) is 0 Å². The normalized spacial score (nSPS) is 11.1. The Hall–Kier alpha value is -1.70. The van der Waals surface area contributed by atoms with E-state index in [9.17, 15) is 4.79 Å². The first kappa shape index (κ1) is 17.1. The number of fused-ring (bicyclic) bond motifs is 1. The highest BCUT2D eigenvalue weighted by atomic mass is 79.9. The summed E-state index contributed by atoms with van der Waals surface area (Å²) in [6.07, 6.45) is 1.60. The lowest BCUT2D eigenvalue weighted by molar-refractivity contribution is -0.123. The van der Waals surface area contributed by atoms with Crippen molar-refractivity contribution in [1.82, 2.24) is 5.43 Å². The predicted octanol–water partition coefficient (Wildman–Crippen LogP) is 4.96. The Bertz CT molecular complexity index is 895. The van der Waals surface area contributed by atoms with Gasteiger partial charge in [-0.2, -0.15) is 5.10 Å². The molecule has 7 heteroatoms. The molecule has 2 aromatic carbocycles. The van der Waals surface area contributed by atoms with Crippen molar-refractivity contribution in [3.63, 3.8) is 0 Å². The first-order chi connectivity index (χ1) is 11.6. The van der Waals surface area contributed by atoms with E-state index in [4.69, 9.17) is 4.74 Å². The van der Waals surface area contributed by atoms with Crippen LogP contribution in [-0.2, 0) is 4.79 Å². The number of nitrogens with zero attached hydrogens (tertiary/aromatic N) is 1. The van der Waals surface area contributed by atoms with Crippen LogP contribution in [0.25, 0.3) is 10.8 Å². The molecule has 0 aliphatic heterocycles. The summed E-state index contributed by atoms with van der Waals surface area (Å²) < 4.78 is 7.42. The Morgan fingerprint density at radius 2 is 2.12 bits per heavy atom. The summed E-state index contributed by atoms with van der Waals surface area (Å²) in [6, 6.07) is 13.6. The third-order valence-electron chi connectivity index (χ3n) is 3.16. The van der Waals surface area contributed by atoms with Gasteiger partial charge in [0, 0.05) is 9.35 Å². The van der Waals surface area contributed by atoms with Crippen LogP contribution in [0.2, 0.25) is 0 Å². The summed E-state index contributed by atoms with van der Waals surface area (Å²) in [5.74, 6) is 0.299. The second-order valence-corrected chi connectivity index (χ2v) is 7.53. The monoisotopic (exact) mass is 466 g/mol. The van der Waals surface area contributed by atoms with E-state index >= 15 is 0 Å². The average molecular weight is 468 g/mol. The second-order valence-electron chi connectivity index (χ2n) is 4.84. The van der Waals surface area contributed by atoms with Crippen LogP contribution in [0.4, 0.5) is 0 Å². The maximum Gasteiger partial charge on any atom is 0.277 e. The molecule has 0 spiro atoms. The molecule has 24 heavy (non-hydrogen) atoms. The molecule has 3 rings (SSSR count). The lowest BCUT2D eigenvalue weighted by Crippen LogP contribution is -2.24. The van der Waals surface area contributed by atoms with E-state index in [0.29, 0.717) is 5.75 Å². The van der Waals surface area contributed by atoms with Crippen LogP contribution in [0.5, 0.6) is 5.75 Å². The highest BCUT2D eigenvalue weighted by Crippen LogP contribution is 2.34. The van der Waals surface area contributed by atoms with Gasteiger partial charge in [-0.1, -0.05) is 34.1 Å². The Balaban J connectivity index is 1.62. The number of ether oxygens (including phenoxy) is 1. The minimum absolute atomic E-state index is 0.109. The molecule has 0 aliphatic carbocycles. The average Bonchev–Trinajstić information content (AvgIpc) is 3.07. The van der Waals surface area contributed by atoms with Gasteiger partial charge in [0.15, 0.2) is 6.61 Å². The zero-order chi connectivity index (χ0) is 16.9. The number of nitrogens with one attached hydrogen (secondary N) is 1. The first-order valence-corrected chi connectivity index (χ1v) is 9.46. The maximum absolute atomic E-state index is 11.8. The molecule has 1 heterocycles. The third-order valence-corrected chi connectivity index (χ3v) is 5.28. The van der Waals surface area contributed by atoms with E-state index < -0.39 is 0 Å². The van der Waals surface area contributed by atoms with E-state index in [1.807, 2.05) is 47.8 Å². The summed E-state index contributed by atoms with van der Waals surface area (Å²) in [7, 11) is 0. The topological polar surface area (TPSA) is 50.7 Å². The number of benzene rings is 2. The number of halogens is 2. The SMILES string of the molecule is O=C(COc1ccc2cc(Br)ccc2c1Br)NN=Cc1cccs1. The fourth-order valence-corrected chi connectivity index (χ4v) is 3.63. The van der Waals surface area contributed by atoms with E-state index in [0.717, 1.165) is 24.6 Å². The van der Waals surface area contributed by atoms with Crippen LogP contribution in [0, 0.1) is 0 Å². The minimum Gasteiger partial charge on any atom is -0.483 e. The van der Waals surface area contributed by atoms with Crippen molar-refractivity contribution in [3.8, 4) is 5.75 Å². The molecule has 0 unspecified atom stereocenters. The lowest BCUT2D eigenvalue weighted by Gasteiger charge is -2.10. The molecule has 0 saturated carbocycles. The summed E-state index contributed by atoms with van der Waals surface area (Å²) in [4.78, 5) is 12.8. The number of hydrogen-bond acceptors (Lipinski definition) is 4. The molecule has 0 atom stereocenters. The molecule has 1 aromatic heterocycles. The van der Waals surface area contributed by atoms with E-state index in [2.05, 4.69) is 42.4 Å². The molecule has 0 aliphatic rings. The van der Waals surface area contributed by atoms with Gasteiger partial charge in [0.2, 0.25) is 0 Å². The summed E-state index contributed by atoms with van der Waals surface area (Å²) in [5, 5.41) is 7.94. The number of amides is 1. The Labute approximate surface area is 159 Å². The third kappa shape index (κ3) is 4.23. The van der Waals surface area contributed by atoms with Crippen molar-refractivity contribution in [2.45, 2.75) is 0 Å².